The lowest BCUT2D eigenvalue weighted by Crippen LogP contribution is -2.44. The summed E-state index contributed by atoms with van der Waals surface area (Å²) in [6.45, 7) is 3.39. The van der Waals surface area contributed by atoms with Crippen LogP contribution < -0.4 is 4.74 Å². The largest absolute Gasteiger partial charge is 0.481 e. The van der Waals surface area contributed by atoms with E-state index in [1.54, 1.807) is 0 Å². The number of rotatable bonds is 6. The molecular weight excluding hydrogens is 462 g/mol. The molecule has 1 aliphatic rings. The third-order valence-corrected chi connectivity index (χ3v) is 3.62. The summed E-state index contributed by atoms with van der Waals surface area (Å²) in [5, 5.41) is 26.0. The molecule has 0 bridgehead atoms. The number of ether oxygens (including phenoxy) is 4. The number of nitro groups is 1. The molecule has 1 aromatic carbocycles. The zero-order valence-electron chi connectivity index (χ0n) is 18.8. The van der Waals surface area contributed by atoms with Crippen LogP contribution in [0.25, 0.3) is 0 Å². The van der Waals surface area contributed by atoms with Crippen molar-refractivity contribution >= 4 is 35.9 Å². The molecule has 0 amide bonds. The Morgan fingerprint density at radius 3 is 2.12 bits per heavy atom. The molecule has 2 rings (SSSR count). The maximum Gasteiger partial charge on any atom is 0.335 e. The number of hydrogen-bond donors (Lipinski definition) is 2. The number of esters is 2. The standard InChI is InChI=1S/C16H17NO9.2C2H4O2/c1-9(19)24-11-6-14(16(20)23-2)26-15(7-11)25-13-4-3-10(8-18)5-12(13)17(21)22;2*1-2(3)4/h3-5,8,11,14-15H,6-7H2,1-2H3;2*1H3,(H,3,4). The van der Waals surface area contributed by atoms with Gasteiger partial charge in [-0.25, -0.2) is 4.79 Å². The number of carbonyl (C=O) groups is 5. The Morgan fingerprint density at radius 2 is 1.68 bits per heavy atom. The van der Waals surface area contributed by atoms with E-state index in [4.69, 9.17) is 34.0 Å². The Kier molecular flexibility index (Phi) is 13.1. The van der Waals surface area contributed by atoms with Crippen LogP contribution in [0.1, 0.15) is 44.0 Å². The average molecular weight is 487 g/mol. The van der Waals surface area contributed by atoms with Gasteiger partial charge in [0.05, 0.1) is 12.0 Å². The molecule has 0 spiro atoms. The molecule has 2 N–H and O–H groups in total. The summed E-state index contributed by atoms with van der Waals surface area (Å²) in [5.74, 6) is -3.03. The molecule has 1 fully saturated rings. The van der Waals surface area contributed by atoms with Gasteiger partial charge in [-0.3, -0.25) is 29.3 Å². The third kappa shape index (κ3) is 12.1. The Morgan fingerprint density at radius 1 is 1.12 bits per heavy atom. The van der Waals surface area contributed by atoms with E-state index in [2.05, 4.69) is 4.74 Å². The van der Waals surface area contributed by atoms with Crippen molar-refractivity contribution in [2.45, 2.75) is 52.1 Å². The van der Waals surface area contributed by atoms with E-state index in [9.17, 15) is 24.5 Å². The highest BCUT2D eigenvalue weighted by Crippen LogP contribution is 2.32. The van der Waals surface area contributed by atoms with Crippen molar-refractivity contribution in [3.63, 3.8) is 0 Å². The molecule has 14 nitrogen and oxygen atoms in total. The minimum absolute atomic E-state index is 0.0691. The van der Waals surface area contributed by atoms with E-state index in [-0.39, 0.29) is 24.2 Å². The molecule has 0 aromatic heterocycles. The van der Waals surface area contributed by atoms with E-state index >= 15 is 0 Å². The Balaban J connectivity index is 0.00000118. The Bertz CT molecular complexity index is 878. The SMILES string of the molecule is CC(=O)O.CC(=O)O.COC(=O)C1CC(OC(C)=O)CC(Oc2ccc(C=O)cc2[N+](=O)[O-])O1. The quantitative estimate of drug-likeness (QED) is 0.253. The molecule has 1 saturated heterocycles. The minimum atomic E-state index is -1.09. The van der Waals surface area contributed by atoms with Gasteiger partial charge >= 0.3 is 17.6 Å². The normalized spacial score (nSPS) is 18.4. The first kappa shape index (κ1) is 29.9. The van der Waals surface area contributed by atoms with Gasteiger partial charge < -0.3 is 29.2 Å². The van der Waals surface area contributed by atoms with E-state index in [1.807, 2.05) is 0 Å². The van der Waals surface area contributed by atoms with Crippen LogP contribution in [0.5, 0.6) is 5.75 Å². The predicted molar refractivity (Wildman–Crippen MR) is 111 cm³/mol. The zero-order valence-corrected chi connectivity index (χ0v) is 18.8. The third-order valence-electron chi connectivity index (χ3n) is 3.62. The topological polar surface area (TPSA) is 206 Å². The van der Waals surface area contributed by atoms with Crippen LogP contribution in [0.3, 0.4) is 0 Å². The lowest BCUT2D eigenvalue weighted by Gasteiger charge is -2.33. The number of methoxy groups -OCH3 is 1. The van der Waals surface area contributed by atoms with Crippen molar-refractivity contribution in [3.8, 4) is 5.75 Å². The van der Waals surface area contributed by atoms with Crippen LogP contribution >= 0.6 is 0 Å². The summed E-state index contributed by atoms with van der Waals surface area (Å²) in [7, 11) is 1.18. The molecule has 34 heavy (non-hydrogen) atoms. The number of benzene rings is 1. The Labute approximate surface area is 193 Å². The molecule has 3 unspecified atom stereocenters. The maximum absolute atomic E-state index is 11.8. The van der Waals surface area contributed by atoms with Gasteiger partial charge in [-0.1, -0.05) is 0 Å². The average Bonchev–Trinajstić information content (AvgIpc) is 2.71. The summed E-state index contributed by atoms with van der Waals surface area (Å²) >= 11 is 0. The fourth-order valence-electron chi connectivity index (χ4n) is 2.53. The van der Waals surface area contributed by atoms with Gasteiger partial charge in [-0.15, -0.1) is 0 Å². The molecule has 188 valence electrons. The Hall–Kier alpha value is -4.07. The lowest BCUT2D eigenvalue weighted by molar-refractivity contribution is -0.386. The fourth-order valence-corrected chi connectivity index (χ4v) is 2.53. The lowest BCUT2D eigenvalue weighted by atomic mass is 10.0. The van der Waals surface area contributed by atoms with Gasteiger partial charge in [-0.05, 0) is 12.1 Å². The van der Waals surface area contributed by atoms with E-state index in [0.29, 0.717) is 6.29 Å². The smallest absolute Gasteiger partial charge is 0.335 e. The van der Waals surface area contributed by atoms with Gasteiger partial charge in [-0.2, -0.15) is 0 Å². The van der Waals surface area contributed by atoms with Crippen molar-refractivity contribution in [3.05, 3.63) is 33.9 Å². The number of hydrogen-bond acceptors (Lipinski definition) is 11. The highest BCUT2D eigenvalue weighted by molar-refractivity contribution is 5.77. The van der Waals surface area contributed by atoms with Crippen molar-refractivity contribution in [1.82, 2.24) is 0 Å². The second kappa shape index (κ2) is 14.9. The minimum Gasteiger partial charge on any atom is -0.481 e. The molecule has 0 aliphatic carbocycles. The van der Waals surface area contributed by atoms with Crippen LogP contribution in [-0.4, -0.2) is 70.9 Å². The predicted octanol–water partition coefficient (Wildman–Crippen LogP) is 1.58. The summed E-state index contributed by atoms with van der Waals surface area (Å²) in [6, 6.07) is 3.67. The molecular formula is C20H25NO13. The second-order valence-corrected chi connectivity index (χ2v) is 6.54. The number of nitro benzene ring substituents is 1. The maximum atomic E-state index is 11.8. The van der Waals surface area contributed by atoms with Gasteiger partial charge in [0.15, 0.2) is 11.9 Å². The number of nitrogens with zero attached hydrogens (tertiary/aromatic N) is 1. The monoisotopic (exact) mass is 487 g/mol. The van der Waals surface area contributed by atoms with Gasteiger partial charge in [0.1, 0.15) is 12.4 Å². The zero-order chi connectivity index (χ0) is 26.4. The van der Waals surface area contributed by atoms with Gasteiger partial charge in [0, 0.05) is 45.2 Å². The van der Waals surface area contributed by atoms with Crippen LogP contribution in [0.15, 0.2) is 18.2 Å². The fraction of sp³-hybridized carbons (Fsp3) is 0.450. The highest BCUT2D eigenvalue weighted by atomic mass is 16.7. The van der Waals surface area contributed by atoms with E-state index in [0.717, 1.165) is 19.9 Å². The first-order chi connectivity index (χ1) is 15.8. The van der Waals surface area contributed by atoms with Crippen molar-refractivity contribution in [1.29, 1.82) is 0 Å². The molecule has 1 aliphatic heterocycles. The van der Waals surface area contributed by atoms with E-state index in [1.165, 1.54) is 26.2 Å². The molecule has 3 atom stereocenters. The number of aliphatic carboxylic acids is 2. The first-order valence-electron chi connectivity index (χ1n) is 9.50. The van der Waals surface area contributed by atoms with Crippen LogP contribution in [0, 0.1) is 10.1 Å². The van der Waals surface area contributed by atoms with Crippen molar-refractivity contribution in [2.24, 2.45) is 0 Å². The number of carboxylic acids is 2. The summed E-state index contributed by atoms with van der Waals surface area (Å²) in [4.78, 5) is 62.2. The van der Waals surface area contributed by atoms with Crippen molar-refractivity contribution < 1.29 is 58.1 Å². The molecule has 1 aromatic rings. The summed E-state index contributed by atoms with van der Waals surface area (Å²) in [6.07, 6.45) is -2.19. The summed E-state index contributed by atoms with van der Waals surface area (Å²) in [5.41, 5.74) is -0.318. The van der Waals surface area contributed by atoms with Crippen LogP contribution in [-0.2, 0) is 33.4 Å². The number of carbonyl (C=O) groups excluding carboxylic acids is 3. The molecule has 1 heterocycles. The summed E-state index contributed by atoms with van der Waals surface area (Å²) < 4.78 is 20.7. The van der Waals surface area contributed by atoms with E-state index < -0.39 is 53.0 Å². The molecule has 0 saturated carbocycles. The van der Waals surface area contributed by atoms with Gasteiger partial charge in [0.25, 0.3) is 11.9 Å². The van der Waals surface area contributed by atoms with Crippen LogP contribution in [0.2, 0.25) is 0 Å². The molecule has 14 heteroatoms. The highest BCUT2D eigenvalue weighted by Gasteiger charge is 2.38. The first-order valence-corrected chi connectivity index (χ1v) is 9.50. The number of carboxylic acid groups (broad SMARTS) is 2. The van der Waals surface area contributed by atoms with Crippen molar-refractivity contribution in [2.75, 3.05) is 7.11 Å². The number of aldehydes is 1. The molecule has 0 radical (unpaired) electrons. The van der Waals surface area contributed by atoms with Gasteiger partial charge in [0.2, 0.25) is 6.29 Å². The van der Waals surface area contributed by atoms with Crippen LogP contribution in [0.4, 0.5) is 5.69 Å². The second-order valence-electron chi connectivity index (χ2n) is 6.54.